The third-order valence-corrected chi connectivity index (χ3v) is 4.13. The topological polar surface area (TPSA) is 75.5 Å². The summed E-state index contributed by atoms with van der Waals surface area (Å²) in [6, 6.07) is 6.12. The summed E-state index contributed by atoms with van der Waals surface area (Å²) >= 11 is 0. The Balaban J connectivity index is 1.89. The Hall–Kier alpha value is -2.63. The number of rotatable bonds is 3. The van der Waals surface area contributed by atoms with Gasteiger partial charge in [-0.25, -0.2) is 14.8 Å². The van der Waals surface area contributed by atoms with Gasteiger partial charge in [0.05, 0.1) is 18.4 Å². The number of aryl methyl sites for hydroxylation is 2. The van der Waals surface area contributed by atoms with Crippen LogP contribution in [0.4, 0.5) is 5.95 Å². The Bertz CT molecular complexity index is 746. The molecule has 0 atom stereocenters. The molecular formula is C17H19N3O3. The van der Waals surface area contributed by atoms with Gasteiger partial charge in [0, 0.05) is 19.3 Å². The van der Waals surface area contributed by atoms with E-state index in [0.29, 0.717) is 18.2 Å². The second-order valence-electron chi connectivity index (χ2n) is 5.63. The number of ether oxygens (including phenoxy) is 1. The summed E-state index contributed by atoms with van der Waals surface area (Å²) in [5, 5.41) is 9.09. The average Bonchev–Trinajstić information content (AvgIpc) is 2.75. The maximum atomic E-state index is 11.1. The molecule has 6 nitrogen and oxygen atoms in total. The Morgan fingerprint density at radius 2 is 2.17 bits per heavy atom. The highest BCUT2D eigenvalue weighted by molar-refractivity contribution is 5.88. The van der Waals surface area contributed by atoms with E-state index in [2.05, 4.69) is 27.0 Å². The summed E-state index contributed by atoms with van der Waals surface area (Å²) in [5.74, 6) is 0.452. The maximum Gasteiger partial charge on any atom is 0.339 e. The fourth-order valence-corrected chi connectivity index (χ4v) is 2.85. The van der Waals surface area contributed by atoms with Crippen LogP contribution in [0.2, 0.25) is 0 Å². The minimum absolute atomic E-state index is 0.147. The molecule has 2 aromatic rings. The van der Waals surface area contributed by atoms with E-state index in [-0.39, 0.29) is 5.56 Å². The first-order valence-electron chi connectivity index (χ1n) is 7.56. The van der Waals surface area contributed by atoms with Gasteiger partial charge in [0.25, 0.3) is 0 Å². The zero-order valence-corrected chi connectivity index (χ0v) is 13.2. The van der Waals surface area contributed by atoms with E-state index < -0.39 is 5.97 Å². The van der Waals surface area contributed by atoms with E-state index >= 15 is 0 Å². The van der Waals surface area contributed by atoms with Gasteiger partial charge in [-0.05, 0) is 43.0 Å². The summed E-state index contributed by atoms with van der Waals surface area (Å²) < 4.78 is 5.29. The van der Waals surface area contributed by atoms with Gasteiger partial charge >= 0.3 is 5.97 Å². The van der Waals surface area contributed by atoms with Gasteiger partial charge < -0.3 is 14.7 Å². The molecular weight excluding hydrogens is 294 g/mol. The van der Waals surface area contributed by atoms with Crippen LogP contribution >= 0.6 is 0 Å². The monoisotopic (exact) mass is 313 g/mol. The van der Waals surface area contributed by atoms with Crippen LogP contribution in [0.5, 0.6) is 5.75 Å². The van der Waals surface area contributed by atoms with Crippen molar-refractivity contribution in [1.82, 2.24) is 9.97 Å². The fourth-order valence-electron chi connectivity index (χ4n) is 2.85. The van der Waals surface area contributed by atoms with Gasteiger partial charge in [-0.2, -0.15) is 0 Å². The number of hydrogen-bond acceptors (Lipinski definition) is 5. The first-order chi connectivity index (χ1) is 11.1. The minimum Gasteiger partial charge on any atom is -0.497 e. The largest absolute Gasteiger partial charge is 0.497 e. The SMILES string of the molecule is COc1ccc2c(c1)CCCN(c1ncc(C(=O)O)c(C)n1)C2. The van der Waals surface area contributed by atoms with Crippen molar-refractivity contribution in [2.45, 2.75) is 26.3 Å². The molecule has 2 heterocycles. The van der Waals surface area contributed by atoms with Gasteiger partial charge in [-0.15, -0.1) is 0 Å². The summed E-state index contributed by atoms with van der Waals surface area (Å²) in [6.07, 6.45) is 3.36. The van der Waals surface area contributed by atoms with Crippen LogP contribution in [0.25, 0.3) is 0 Å². The van der Waals surface area contributed by atoms with Crippen molar-refractivity contribution in [2.24, 2.45) is 0 Å². The summed E-state index contributed by atoms with van der Waals surface area (Å²) in [4.78, 5) is 21.8. The van der Waals surface area contributed by atoms with Gasteiger partial charge in [-0.1, -0.05) is 6.07 Å². The minimum atomic E-state index is -0.998. The first-order valence-corrected chi connectivity index (χ1v) is 7.56. The molecule has 0 bridgehead atoms. The second-order valence-corrected chi connectivity index (χ2v) is 5.63. The Kier molecular flexibility index (Phi) is 4.14. The standard InChI is InChI=1S/C17H19N3O3/c1-11-15(16(21)22)9-18-17(19-11)20-7-3-4-12-8-14(23-2)6-5-13(12)10-20/h5-6,8-9H,3-4,7,10H2,1-2H3,(H,21,22). The van der Waals surface area contributed by atoms with Crippen molar-refractivity contribution in [2.75, 3.05) is 18.6 Å². The highest BCUT2D eigenvalue weighted by Gasteiger charge is 2.19. The van der Waals surface area contributed by atoms with Crippen LogP contribution in [0, 0.1) is 6.92 Å². The summed E-state index contributed by atoms with van der Waals surface area (Å²) in [5.41, 5.74) is 3.15. The van der Waals surface area contributed by atoms with Crippen LogP contribution in [-0.4, -0.2) is 34.7 Å². The molecule has 6 heteroatoms. The third kappa shape index (κ3) is 3.11. The number of hydrogen-bond donors (Lipinski definition) is 1. The van der Waals surface area contributed by atoms with E-state index in [4.69, 9.17) is 9.84 Å². The smallest absolute Gasteiger partial charge is 0.339 e. The number of aromatic carboxylic acids is 1. The van der Waals surface area contributed by atoms with Gasteiger partial charge in [0.2, 0.25) is 5.95 Å². The quantitative estimate of drug-likeness (QED) is 0.938. The fraction of sp³-hybridized carbons (Fsp3) is 0.353. The molecule has 3 rings (SSSR count). The molecule has 0 amide bonds. The molecule has 120 valence electrons. The number of benzene rings is 1. The molecule has 1 N–H and O–H groups in total. The molecule has 0 radical (unpaired) electrons. The summed E-state index contributed by atoms with van der Waals surface area (Å²) in [7, 11) is 1.67. The highest BCUT2D eigenvalue weighted by atomic mass is 16.5. The van der Waals surface area contributed by atoms with Crippen LogP contribution < -0.4 is 9.64 Å². The van der Waals surface area contributed by atoms with E-state index in [1.165, 1.54) is 17.3 Å². The maximum absolute atomic E-state index is 11.1. The lowest BCUT2D eigenvalue weighted by Crippen LogP contribution is -2.25. The second kappa shape index (κ2) is 6.24. The number of nitrogens with zero attached hydrogens (tertiary/aromatic N) is 3. The molecule has 1 aromatic carbocycles. The zero-order chi connectivity index (χ0) is 16.4. The molecule has 1 aromatic heterocycles. The van der Waals surface area contributed by atoms with E-state index in [9.17, 15) is 4.79 Å². The predicted molar refractivity (Wildman–Crippen MR) is 86.1 cm³/mol. The van der Waals surface area contributed by atoms with Crippen LogP contribution in [0.3, 0.4) is 0 Å². The van der Waals surface area contributed by atoms with Crippen LogP contribution in [0.15, 0.2) is 24.4 Å². The zero-order valence-electron chi connectivity index (χ0n) is 13.2. The third-order valence-electron chi connectivity index (χ3n) is 4.13. The van der Waals surface area contributed by atoms with Gasteiger partial charge in [0.1, 0.15) is 5.75 Å². The van der Waals surface area contributed by atoms with Crippen molar-refractivity contribution in [3.05, 3.63) is 46.8 Å². The Morgan fingerprint density at radius 3 is 2.87 bits per heavy atom. The molecule has 0 aliphatic carbocycles. The highest BCUT2D eigenvalue weighted by Crippen LogP contribution is 2.25. The first kappa shape index (κ1) is 15.3. The van der Waals surface area contributed by atoms with E-state index in [1.807, 2.05) is 6.07 Å². The molecule has 1 aliphatic rings. The average molecular weight is 313 g/mol. The molecule has 0 fully saturated rings. The number of fused-ring (bicyclic) bond motifs is 1. The Morgan fingerprint density at radius 1 is 1.35 bits per heavy atom. The lowest BCUT2D eigenvalue weighted by molar-refractivity contribution is 0.0695. The van der Waals surface area contributed by atoms with E-state index in [1.54, 1.807) is 14.0 Å². The lowest BCUT2D eigenvalue weighted by Gasteiger charge is -2.21. The molecule has 0 spiro atoms. The Labute approximate surface area is 134 Å². The number of carboxylic acid groups (broad SMARTS) is 1. The van der Waals surface area contributed by atoms with Gasteiger partial charge in [0.15, 0.2) is 0 Å². The number of carboxylic acids is 1. The predicted octanol–water partition coefficient (Wildman–Crippen LogP) is 2.44. The van der Waals surface area contributed by atoms with Crippen molar-refractivity contribution in [3.63, 3.8) is 0 Å². The van der Waals surface area contributed by atoms with E-state index in [0.717, 1.165) is 25.1 Å². The summed E-state index contributed by atoms with van der Waals surface area (Å²) in [6.45, 7) is 3.25. The molecule has 0 unspecified atom stereocenters. The number of carbonyl (C=O) groups is 1. The van der Waals surface area contributed by atoms with Crippen LogP contribution in [-0.2, 0) is 13.0 Å². The van der Waals surface area contributed by atoms with Gasteiger partial charge in [-0.3, -0.25) is 0 Å². The molecule has 0 saturated carbocycles. The molecule has 23 heavy (non-hydrogen) atoms. The lowest BCUT2D eigenvalue weighted by atomic mass is 10.0. The normalized spacial score (nSPS) is 14.1. The van der Waals surface area contributed by atoms with Crippen molar-refractivity contribution < 1.29 is 14.6 Å². The molecule has 1 aliphatic heterocycles. The van der Waals surface area contributed by atoms with Crippen molar-refractivity contribution in [1.29, 1.82) is 0 Å². The number of aromatic nitrogens is 2. The number of anilines is 1. The van der Waals surface area contributed by atoms with Crippen molar-refractivity contribution in [3.8, 4) is 5.75 Å². The van der Waals surface area contributed by atoms with Crippen molar-refractivity contribution >= 4 is 11.9 Å². The van der Waals surface area contributed by atoms with Crippen LogP contribution in [0.1, 0.15) is 33.6 Å². The molecule has 0 saturated heterocycles. The number of methoxy groups -OCH3 is 1.